The van der Waals surface area contributed by atoms with Crippen molar-refractivity contribution in [3.63, 3.8) is 0 Å². The summed E-state index contributed by atoms with van der Waals surface area (Å²) in [6, 6.07) is 0. The molecule has 0 N–H and O–H groups in total. The van der Waals surface area contributed by atoms with E-state index in [9.17, 15) is 4.79 Å². The van der Waals surface area contributed by atoms with Gasteiger partial charge in [-0.15, -0.1) is 0 Å². The first-order valence-corrected chi connectivity index (χ1v) is 4.28. The van der Waals surface area contributed by atoms with Crippen LogP contribution in [0.25, 0.3) is 0 Å². The highest BCUT2D eigenvalue weighted by atomic mass is 16.5. The molecule has 0 aromatic carbocycles. The molecule has 0 saturated carbocycles. The number of hydrogen-bond acceptors (Lipinski definition) is 4. The molecule has 70 valence electrons. The van der Waals surface area contributed by atoms with Gasteiger partial charge >= 0.3 is 5.97 Å². The Morgan fingerprint density at radius 1 is 1.38 bits per heavy atom. The van der Waals surface area contributed by atoms with Crippen LogP contribution in [0.15, 0.2) is 12.4 Å². The number of aromatic nitrogens is 2. The zero-order valence-corrected chi connectivity index (χ0v) is 7.78. The molecular formula is C9H12N2O2. The topological polar surface area (TPSA) is 52.1 Å². The van der Waals surface area contributed by atoms with Gasteiger partial charge in [0.1, 0.15) is 5.69 Å². The van der Waals surface area contributed by atoms with Crippen LogP contribution in [0.1, 0.15) is 26.0 Å². The molecule has 0 amide bonds. The Balaban J connectivity index is 2.81. The Morgan fingerprint density at radius 2 is 2.08 bits per heavy atom. The normalized spacial score (nSPS) is 9.69. The first kappa shape index (κ1) is 9.64. The summed E-state index contributed by atoms with van der Waals surface area (Å²) in [6.07, 6.45) is 4.15. The monoisotopic (exact) mass is 180 g/mol. The minimum atomic E-state index is -0.282. The van der Waals surface area contributed by atoms with E-state index in [2.05, 4.69) is 9.97 Å². The van der Waals surface area contributed by atoms with Gasteiger partial charge < -0.3 is 4.74 Å². The second-order valence-electron chi connectivity index (χ2n) is 2.49. The molecule has 1 rings (SSSR count). The number of hydrogen-bond donors (Lipinski definition) is 0. The average Bonchev–Trinajstić information content (AvgIpc) is 2.18. The molecule has 4 heteroatoms. The average molecular weight is 180 g/mol. The number of carbonyl (C=O) groups is 1. The van der Waals surface area contributed by atoms with Gasteiger partial charge in [0.25, 0.3) is 0 Å². The lowest BCUT2D eigenvalue weighted by Gasteiger charge is -2.04. The van der Waals surface area contributed by atoms with E-state index in [0.29, 0.717) is 24.4 Å². The lowest BCUT2D eigenvalue weighted by Crippen LogP contribution is -2.09. The van der Waals surface area contributed by atoms with Crippen LogP contribution in [-0.2, 0) is 11.2 Å². The fourth-order valence-electron chi connectivity index (χ4n) is 0.862. The Morgan fingerprint density at radius 3 is 2.69 bits per heavy atom. The number of esters is 1. The predicted octanol–water partition coefficient (Wildman–Crippen LogP) is 1.35. The van der Waals surface area contributed by atoms with Crippen molar-refractivity contribution in [3.8, 4) is 5.88 Å². The molecule has 0 atom stereocenters. The molecular weight excluding hydrogens is 168 g/mol. The lowest BCUT2D eigenvalue weighted by atomic mass is 10.3. The number of ether oxygens (including phenoxy) is 1. The standard InChI is InChI=1S/C9H12N2O2/c1-3-7-9(11-6-5-10-7)13-8(12)4-2/h5-6H,3-4H2,1-2H3. The van der Waals surface area contributed by atoms with Crippen molar-refractivity contribution in [2.75, 3.05) is 0 Å². The fraction of sp³-hybridized carbons (Fsp3) is 0.444. The van der Waals surface area contributed by atoms with Gasteiger partial charge in [0.15, 0.2) is 0 Å². The van der Waals surface area contributed by atoms with E-state index in [-0.39, 0.29) is 5.97 Å². The highest BCUT2D eigenvalue weighted by molar-refractivity contribution is 5.71. The van der Waals surface area contributed by atoms with Gasteiger partial charge in [0.2, 0.25) is 5.88 Å². The van der Waals surface area contributed by atoms with Crippen molar-refractivity contribution in [3.05, 3.63) is 18.1 Å². The summed E-state index contributed by atoms with van der Waals surface area (Å²) in [5.41, 5.74) is 0.712. The summed E-state index contributed by atoms with van der Waals surface area (Å²) in [4.78, 5) is 18.9. The molecule has 1 aromatic rings. The molecule has 4 nitrogen and oxygen atoms in total. The van der Waals surface area contributed by atoms with E-state index in [1.165, 1.54) is 6.20 Å². The summed E-state index contributed by atoms with van der Waals surface area (Å²) in [5.74, 6) is 0.0482. The highest BCUT2D eigenvalue weighted by Gasteiger charge is 2.07. The van der Waals surface area contributed by atoms with E-state index in [4.69, 9.17) is 4.74 Å². The maximum Gasteiger partial charge on any atom is 0.312 e. The third-order valence-corrected chi connectivity index (χ3v) is 1.57. The van der Waals surface area contributed by atoms with Crippen molar-refractivity contribution in [1.82, 2.24) is 9.97 Å². The molecule has 0 aliphatic rings. The predicted molar refractivity (Wildman–Crippen MR) is 47.3 cm³/mol. The van der Waals surface area contributed by atoms with Crippen molar-refractivity contribution in [1.29, 1.82) is 0 Å². The molecule has 0 radical (unpaired) electrons. The molecule has 0 saturated heterocycles. The van der Waals surface area contributed by atoms with E-state index in [0.717, 1.165) is 0 Å². The van der Waals surface area contributed by atoms with Crippen LogP contribution in [0.3, 0.4) is 0 Å². The Bertz CT molecular complexity index is 299. The fourth-order valence-corrected chi connectivity index (χ4v) is 0.862. The van der Waals surface area contributed by atoms with Crippen LogP contribution in [0.5, 0.6) is 5.88 Å². The van der Waals surface area contributed by atoms with Crippen LogP contribution < -0.4 is 4.74 Å². The van der Waals surface area contributed by atoms with Gasteiger partial charge in [-0.2, -0.15) is 0 Å². The second kappa shape index (κ2) is 4.54. The van der Waals surface area contributed by atoms with E-state index >= 15 is 0 Å². The molecule has 13 heavy (non-hydrogen) atoms. The third-order valence-electron chi connectivity index (χ3n) is 1.57. The first-order chi connectivity index (χ1) is 6.27. The maximum absolute atomic E-state index is 11.0. The van der Waals surface area contributed by atoms with Crippen molar-refractivity contribution < 1.29 is 9.53 Å². The van der Waals surface area contributed by atoms with E-state index in [1.54, 1.807) is 13.1 Å². The van der Waals surface area contributed by atoms with Crippen molar-refractivity contribution in [2.24, 2.45) is 0 Å². The minimum Gasteiger partial charge on any atom is -0.405 e. The Labute approximate surface area is 77.0 Å². The number of rotatable bonds is 3. The van der Waals surface area contributed by atoms with Crippen LogP contribution in [0, 0.1) is 0 Å². The Kier molecular flexibility index (Phi) is 3.37. The smallest absolute Gasteiger partial charge is 0.312 e. The van der Waals surface area contributed by atoms with Crippen LogP contribution in [0.4, 0.5) is 0 Å². The quantitative estimate of drug-likeness (QED) is 0.659. The van der Waals surface area contributed by atoms with Gasteiger partial charge in [0.05, 0.1) is 0 Å². The zero-order valence-electron chi connectivity index (χ0n) is 7.78. The summed E-state index contributed by atoms with van der Waals surface area (Å²) < 4.78 is 4.97. The minimum absolute atomic E-state index is 0.282. The second-order valence-corrected chi connectivity index (χ2v) is 2.49. The number of aryl methyl sites for hydroxylation is 1. The molecule has 0 aliphatic heterocycles. The lowest BCUT2D eigenvalue weighted by molar-refractivity contribution is -0.134. The largest absolute Gasteiger partial charge is 0.405 e. The first-order valence-electron chi connectivity index (χ1n) is 4.28. The molecule has 0 fully saturated rings. The Hall–Kier alpha value is -1.45. The van der Waals surface area contributed by atoms with Crippen molar-refractivity contribution >= 4 is 5.97 Å². The molecule has 1 aromatic heterocycles. The third kappa shape index (κ3) is 2.50. The molecule has 0 aliphatic carbocycles. The summed E-state index contributed by atoms with van der Waals surface area (Å²) in [7, 11) is 0. The summed E-state index contributed by atoms with van der Waals surface area (Å²) in [5, 5.41) is 0. The van der Waals surface area contributed by atoms with Gasteiger partial charge in [-0.25, -0.2) is 4.98 Å². The molecule has 0 spiro atoms. The SMILES string of the molecule is CCC(=O)Oc1nccnc1CC. The number of nitrogens with zero attached hydrogens (tertiary/aromatic N) is 2. The number of carbonyl (C=O) groups excluding carboxylic acids is 1. The van der Waals surface area contributed by atoms with Gasteiger partial charge in [-0.1, -0.05) is 13.8 Å². The maximum atomic E-state index is 11.0. The van der Waals surface area contributed by atoms with Gasteiger partial charge in [0, 0.05) is 18.8 Å². The van der Waals surface area contributed by atoms with Gasteiger partial charge in [-0.05, 0) is 6.42 Å². The summed E-state index contributed by atoms with van der Waals surface area (Å²) >= 11 is 0. The van der Waals surface area contributed by atoms with Crippen LogP contribution >= 0.6 is 0 Å². The van der Waals surface area contributed by atoms with Gasteiger partial charge in [-0.3, -0.25) is 9.78 Å². The molecule has 1 heterocycles. The molecule has 0 unspecified atom stereocenters. The summed E-state index contributed by atoms with van der Waals surface area (Å²) in [6.45, 7) is 3.68. The van der Waals surface area contributed by atoms with Crippen molar-refractivity contribution in [2.45, 2.75) is 26.7 Å². The van der Waals surface area contributed by atoms with E-state index in [1.807, 2.05) is 6.92 Å². The van der Waals surface area contributed by atoms with Crippen LogP contribution in [0.2, 0.25) is 0 Å². The van der Waals surface area contributed by atoms with E-state index < -0.39 is 0 Å². The van der Waals surface area contributed by atoms with Crippen LogP contribution in [-0.4, -0.2) is 15.9 Å². The molecule has 0 bridgehead atoms. The highest BCUT2D eigenvalue weighted by Crippen LogP contribution is 2.11. The zero-order chi connectivity index (χ0) is 9.68.